The second kappa shape index (κ2) is 6.05. The quantitative estimate of drug-likeness (QED) is 0.794. The Morgan fingerprint density at radius 3 is 2.70 bits per heavy atom. The van der Waals surface area contributed by atoms with Gasteiger partial charge >= 0.3 is 11.8 Å². The van der Waals surface area contributed by atoms with Crippen LogP contribution in [-0.2, 0) is 9.59 Å². The van der Waals surface area contributed by atoms with Crippen molar-refractivity contribution in [2.45, 2.75) is 20.3 Å². The Morgan fingerprint density at radius 1 is 1.35 bits per heavy atom. The molecule has 1 saturated heterocycles. The molecular formula is C15H20N2O3. The lowest BCUT2D eigenvalue weighted by atomic mass is 10.1. The van der Waals surface area contributed by atoms with Gasteiger partial charge in [-0.15, -0.1) is 0 Å². The Morgan fingerprint density at radius 2 is 2.10 bits per heavy atom. The number of hydrogen-bond donors (Lipinski definition) is 2. The molecule has 0 bridgehead atoms. The molecule has 1 aromatic rings. The zero-order valence-corrected chi connectivity index (χ0v) is 11.8. The molecule has 108 valence electrons. The molecule has 0 radical (unpaired) electrons. The first-order valence-electron chi connectivity index (χ1n) is 6.79. The molecule has 2 N–H and O–H groups in total. The van der Waals surface area contributed by atoms with Gasteiger partial charge in [-0.2, -0.15) is 0 Å². The van der Waals surface area contributed by atoms with E-state index in [2.05, 4.69) is 5.32 Å². The Kier molecular flexibility index (Phi) is 4.39. The molecule has 0 aliphatic carbocycles. The van der Waals surface area contributed by atoms with E-state index in [1.165, 1.54) is 4.90 Å². The second-order valence-corrected chi connectivity index (χ2v) is 5.34. The molecule has 0 saturated carbocycles. The minimum atomic E-state index is -0.619. The van der Waals surface area contributed by atoms with Gasteiger partial charge in [0.1, 0.15) is 0 Å². The van der Waals surface area contributed by atoms with Gasteiger partial charge in [0.05, 0.1) is 0 Å². The van der Waals surface area contributed by atoms with Crippen LogP contribution < -0.4 is 5.32 Å². The first kappa shape index (κ1) is 14.5. The Hall–Kier alpha value is -1.88. The van der Waals surface area contributed by atoms with Gasteiger partial charge in [-0.25, -0.2) is 0 Å². The molecule has 0 aromatic heterocycles. The lowest BCUT2D eigenvalue weighted by molar-refractivity contribution is -0.142. The van der Waals surface area contributed by atoms with Crippen LogP contribution in [0.2, 0.25) is 0 Å². The number of benzene rings is 1. The summed E-state index contributed by atoms with van der Waals surface area (Å²) in [7, 11) is 0. The number of likely N-dealkylation sites (tertiary alicyclic amines) is 1. The molecule has 1 aliphatic rings. The van der Waals surface area contributed by atoms with Crippen LogP contribution in [0.4, 0.5) is 5.69 Å². The van der Waals surface area contributed by atoms with E-state index in [-0.39, 0.29) is 12.5 Å². The van der Waals surface area contributed by atoms with E-state index in [0.717, 1.165) is 17.5 Å². The van der Waals surface area contributed by atoms with Crippen molar-refractivity contribution >= 4 is 17.5 Å². The highest BCUT2D eigenvalue weighted by molar-refractivity contribution is 6.39. The molecule has 1 fully saturated rings. The van der Waals surface area contributed by atoms with Crippen molar-refractivity contribution in [1.82, 2.24) is 4.90 Å². The van der Waals surface area contributed by atoms with E-state index in [4.69, 9.17) is 5.11 Å². The fraction of sp³-hybridized carbons (Fsp3) is 0.467. The van der Waals surface area contributed by atoms with E-state index in [1.807, 2.05) is 26.0 Å². The van der Waals surface area contributed by atoms with Gasteiger partial charge in [0.2, 0.25) is 0 Å². The van der Waals surface area contributed by atoms with Crippen LogP contribution >= 0.6 is 0 Å². The molecule has 1 aliphatic heterocycles. The monoisotopic (exact) mass is 276 g/mol. The van der Waals surface area contributed by atoms with Gasteiger partial charge in [-0.05, 0) is 43.5 Å². The summed E-state index contributed by atoms with van der Waals surface area (Å²) < 4.78 is 0. The lowest BCUT2D eigenvalue weighted by Gasteiger charge is -2.15. The summed E-state index contributed by atoms with van der Waals surface area (Å²) in [5, 5.41) is 11.7. The predicted molar refractivity (Wildman–Crippen MR) is 76.3 cm³/mol. The van der Waals surface area contributed by atoms with Gasteiger partial charge in [-0.3, -0.25) is 9.59 Å². The highest BCUT2D eigenvalue weighted by Gasteiger charge is 2.29. The molecule has 1 heterocycles. The standard InChI is InChI=1S/C15H20N2O3/c1-10-3-4-13(7-11(10)2)16-14(19)15(20)17-6-5-12(8-17)9-18/h3-4,7,12,18H,5-6,8-9H2,1-2H3,(H,16,19). The van der Waals surface area contributed by atoms with Crippen LogP contribution in [0.5, 0.6) is 0 Å². The summed E-state index contributed by atoms with van der Waals surface area (Å²) >= 11 is 0. The molecule has 2 rings (SSSR count). The van der Waals surface area contributed by atoms with Crippen molar-refractivity contribution in [2.75, 3.05) is 25.0 Å². The minimum Gasteiger partial charge on any atom is -0.396 e. The number of nitrogens with zero attached hydrogens (tertiary/aromatic N) is 1. The normalized spacial score (nSPS) is 18.1. The van der Waals surface area contributed by atoms with Gasteiger partial charge < -0.3 is 15.3 Å². The van der Waals surface area contributed by atoms with Gasteiger partial charge in [0.15, 0.2) is 0 Å². The van der Waals surface area contributed by atoms with E-state index >= 15 is 0 Å². The maximum Gasteiger partial charge on any atom is 0.313 e. The number of carbonyl (C=O) groups is 2. The zero-order valence-electron chi connectivity index (χ0n) is 11.8. The number of nitrogens with one attached hydrogen (secondary N) is 1. The Balaban J connectivity index is 1.97. The number of aliphatic hydroxyl groups is 1. The molecular weight excluding hydrogens is 256 g/mol. The predicted octanol–water partition coefficient (Wildman–Crippen LogP) is 1.08. The molecule has 5 nitrogen and oxygen atoms in total. The summed E-state index contributed by atoms with van der Waals surface area (Å²) in [6, 6.07) is 5.54. The van der Waals surface area contributed by atoms with Crippen molar-refractivity contribution in [3.05, 3.63) is 29.3 Å². The number of carbonyl (C=O) groups excluding carboxylic acids is 2. The van der Waals surface area contributed by atoms with Crippen LogP contribution in [0.3, 0.4) is 0 Å². The van der Waals surface area contributed by atoms with Crippen LogP contribution in [0, 0.1) is 19.8 Å². The SMILES string of the molecule is Cc1ccc(NC(=O)C(=O)N2CCC(CO)C2)cc1C. The summed E-state index contributed by atoms with van der Waals surface area (Å²) in [5.41, 5.74) is 2.83. The number of aliphatic hydroxyl groups excluding tert-OH is 1. The third-order valence-electron chi connectivity index (χ3n) is 3.79. The van der Waals surface area contributed by atoms with Gasteiger partial charge in [0, 0.05) is 31.3 Å². The van der Waals surface area contributed by atoms with E-state index < -0.39 is 11.8 Å². The largest absolute Gasteiger partial charge is 0.396 e. The molecule has 20 heavy (non-hydrogen) atoms. The van der Waals surface area contributed by atoms with Crippen LogP contribution in [0.15, 0.2) is 18.2 Å². The smallest absolute Gasteiger partial charge is 0.313 e. The molecule has 1 atom stereocenters. The van der Waals surface area contributed by atoms with Crippen molar-refractivity contribution in [3.8, 4) is 0 Å². The first-order valence-corrected chi connectivity index (χ1v) is 6.79. The third-order valence-corrected chi connectivity index (χ3v) is 3.79. The number of rotatable bonds is 2. The van der Waals surface area contributed by atoms with Crippen molar-refractivity contribution < 1.29 is 14.7 Å². The summed E-state index contributed by atoms with van der Waals surface area (Å²) in [4.78, 5) is 25.4. The summed E-state index contributed by atoms with van der Waals surface area (Å²) in [6.45, 7) is 4.99. The average molecular weight is 276 g/mol. The van der Waals surface area contributed by atoms with E-state index in [0.29, 0.717) is 18.8 Å². The molecule has 5 heteroatoms. The van der Waals surface area contributed by atoms with E-state index in [9.17, 15) is 9.59 Å². The highest BCUT2D eigenvalue weighted by atomic mass is 16.3. The zero-order chi connectivity index (χ0) is 14.7. The maximum atomic E-state index is 12.0. The maximum absolute atomic E-state index is 12.0. The fourth-order valence-corrected chi connectivity index (χ4v) is 2.31. The number of anilines is 1. The van der Waals surface area contributed by atoms with Gasteiger partial charge in [0.25, 0.3) is 0 Å². The molecule has 1 unspecified atom stereocenters. The molecule has 0 spiro atoms. The first-order chi connectivity index (χ1) is 9.51. The van der Waals surface area contributed by atoms with Crippen molar-refractivity contribution in [3.63, 3.8) is 0 Å². The minimum absolute atomic E-state index is 0.0581. The number of hydrogen-bond acceptors (Lipinski definition) is 3. The molecule has 2 amide bonds. The van der Waals surface area contributed by atoms with E-state index in [1.54, 1.807) is 6.07 Å². The van der Waals surface area contributed by atoms with Crippen molar-refractivity contribution in [2.24, 2.45) is 5.92 Å². The van der Waals surface area contributed by atoms with Crippen molar-refractivity contribution in [1.29, 1.82) is 0 Å². The third kappa shape index (κ3) is 3.17. The summed E-state index contributed by atoms with van der Waals surface area (Å²) in [6.07, 6.45) is 0.749. The Bertz CT molecular complexity index is 528. The number of aryl methyl sites for hydroxylation is 2. The topological polar surface area (TPSA) is 69.6 Å². The average Bonchev–Trinajstić information content (AvgIpc) is 2.91. The fourth-order valence-electron chi connectivity index (χ4n) is 2.31. The summed E-state index contributed by atoms with van der Waals surface area (Å²) in [5.74, 6) is -1.06. The number of amides is 2. The van der Waals surface area contributed by atoms with Crippen LogP contribution in [0.1, 0.15) is 17.5 Å². The van der Waals surface area contributed by atoms with Crippen LogP contribution in [-0.4, -0.2) is 41.5 Å². The Labute approximate surface area is 118 Å². The lowest BCUT2D eigenvalue weighted by Crippen LogP contribution is -2.38. The molecule has 1 aromatic carbocycles. The van der Waals surface area contributed by atoms with Gasteiger partial charge in [-0.1, -0.05) is 6.07 Å². The highest BCUT2D eigenvalue weighted by Crippen LogP contribution is 2.17. The second-order valence-electron chi connectivity index (χ2n) is 5.34. The van der Waals surface area contributed by atoms with Crippen LogP contribution in [0.25, 0.3) is 0 Å².